The lowest BCUT2D eigenvalue weighted by atomic mass is 10.1. The molecule has 0 aliphatic carbocycles. The Bertz CT molecular complexity index is 409. The first kappa shape index (κ1) is 15.0. The van der Waals surface area contributed by atoms with Gasteiger partial charge in [-0.25, -0.2) is 0 Å². The van der Waals surface area contributed by atoms with Crippen LogP contribution in [0, 0.1) is 5.41 Å². The third-order valence-corrected chi connectivity index (χ3v) is 3.24. The summed E-state index contributed by atoms with van der Waals surface area (Å²) in [6, 6.07) is 5.65. The van der Waals surface area contributed by atoms with Gasteiger partial charge in [0, 0.05) is 28.8 Å². The molecular weight excluding hydrogens is 294 g/mol. The van der Waals surface area contributed by atoms with Gasteiger partial charge in [0.05, 0.1) is 6.61 Å². The quantitative estimate of drug-likeness (QED) is 0.534. The van der Waals surface area contributed by atoms with Crippen LogP contribution in [-0.2, 0) is 0 Å². The number of aliphatic hydroxyl groups is 1. The van der Waals surface area contributed by atoms with E-state index < -0.39 is 0 Å². The van der Waals surface area contributed by atoms with Crippen molar-refractivity contribution in [2.75, 3.05) is 24.6 Å². The van der Waals surface area contributed by atoms with Gasteiger partial charge >= 0.3 is 0 Å². The Morgan fingerprint density at radius 2 is 2.17 bits per heavy atom. The van der Waals surface area contributed by atoms with Crippen LogP contribution in [0.3, 0.4) is 0 Å². The maximum absolute atomic E-state index is 9.16. The first-order chi connectivity index (χ1) is 8.60. The van der Waals surface area contributed by atoms with E-state index in [2.05, 4.69) is 27.8 Å². The molecule has 0 saturated carbocycles. The number of benzene rings is 1. The summed E-state index contributed by atoms with van der Waals surface area (Å²) in [4.78, 5) is 2.07. The maximum atomic E-state index is 9.16. The van der Waals surface area contributed by atoms with Gasteiger partial charge in [0.25, 0.3) is 0 Å². The van der Waals surface area contributed by atoms with Crippen LogP contribution in [0.25, 0.3) is 0 Å². The van der Waals surface area contributed by atoms with E-state index in [0.29, 0.717) is 12.1 Å². The summed E-state index contributed by atoms with van der Waals surface area (Å²) in [6.07, 6.45) is 2.13. The molecule has 1 aromatic carbocycles. The lowest BCUT2D eigenvalue weighted by Gasteiger charge is -2.26. The summed E-state index contributed by atoms with van der Waals surface area (Å²) in [7, 11) is 0. The average Bonchev–Trinajstić information content (AvgIpc) is 2.34. The number of anilines is 1. The predicted octanol–water partition coefficient (Wildman–Crippen LogP) is 2.33. The normalized spacial score (nSPS) is 10.4. The van der Waals surface area contributed by atoms with Crippen LogP contribution in [-0.4, -0.2) is 30.6 Å². The molecule has 4 nitrogen and oxygen atoms in total. The molecule has 0 atom stereocenters. The number of hydrogen-bond acceptors (Lipinski definition) is 3. The van der Waals surface area contributed by atoms with Gasteiger partial charge in [-0.2, -0.15) is 0 Å². The van der Waals surface area contributed by atoms with Gasteiger partial charge in [0.2, 0.25) is 0 Å². The molecule has 0 unspecified atom stereocenters. The highest BCUT2D eigenvalue weighted by Gasteiger charge is 2.13. The summed E-state index contributed by atoms with van der Waals surface area (Å²) < 4.78 is 0.946. The smallest absolute Gasteiger partial charge is 0.124 e. The van der Waals surface area contributed by atoms with Crippen LogP contribution >= 0.6 is 15.9 Å². The Hall–Kier alpha value is -1.07. The summed E-state index contributed by atoms with van der Waals surface area (Å²) in [5.74, 6) is 0.0527. The van der Waals surface area contributed by atoms with E-state index in [1.807, 2.05) is 18.2 Å². The minimum atomic E-state index is 0.0527. The number of nitrogens with zero attached hydrogens (tertiary/aromatic N) is 1. The molecule has 0 aliphatic heterocycles. The molecule has 0 heterocycles. The number of nitrogen functional groups attached to an aromatic ring is 1. The molecule has 0 bridgehead atoms. The number of aliphatic hydroxyl groups excluding tert-OH is 1. The van der Waals surface area contributed by atoms with E-state index >= 15 is 0 Å². The zero-order chi connectivity index (χ0) is 13.5. The van der Waals surface area contributed by atoms with Crippen molar-refractivity contribution in [1.82, 2.24) is 0 Å². The standard InChI is InChI=1S/C13H20BrN3O/c1-2-3-6-17(7-8-18)12-9-10(14)4-5-11(12)13(15)16/h4-5,9,18H,2-3,6-8H2,1H3,(H3,15,16). The molecule has 100 valence electrons. The third-order valence-electron chi connectivity index (χ3n) is 2.74. The number of nitrogens with two attached hydrogens (primary N) is 1. The second-order valence-corrected chi connectivity index (χ2v) is 5.06. The summed E-state index contributed by atoms with van der Waals surface area (Å²) >= 11 is 3.43. The van der Waals surface area contributed by atoms with Crippen molar-refractivity contribution >= 4 is 27.5 Å². The van der Waals surface area contributed by atoms with Crippen LogP contribution in [0.5, 0.6) is 0 Å². The number of nitrogens with one attached hydrogen (secondary N) is 1. The van der Waals surface area contributed by atoms with Gasteiger partial charge in [-0.05, 0) is 24.6 Å². The molecule has 18 heavy (non-hydrogen) atoms. The van der Waals surface area contributed by atoms with Crippen LogP contribution in [0.15, 0.2) is 22.7 Å². The summed E-state index contributed by atoms with van der Waals surface area (Å²) in [6.45, 7) is 3.63. The SMILES string of the molecule is CCCCN(CCO)c1cc(Br)ccc1C(=N)N. The van der Waals surface area contributed by atoms with Crippen LogP contribution in [0.2, 0.25) is 0 Å². The molecule has 0 saturated heterocycles. The topological polar surface area (TPSA) is 73.3 Å². The molecule has 0 fully saturated rings. The van der Waals surface area contributed by atoms with E-state index in [1.54, 1.807) is 0 Å². The Kier molecular flexibility index (Phi) is 6.15. The van der Waals surface area contributed by atoms with Gasteiger partial charge in [-0.15, -0.1) is 0 Å². The van der Waals surface area contributed by atoms with Gasteiger partial charge < -0.3 is 15.7 Å². The van der Waals surface area contributed by atoms with E-state index in [0.717, 1.165) is 29.5 Å². The maximum Gasteiger partial charge on any atom is 0.124 e. The van der Waals surface area contributed by atoms with Crippen molar-refractivity contribution in [1.29, 1.82) is 5.41 Å². The second kappa shape index (κ2) is 7.38. The highest BCUT2D eigenvalue weighted by Crippen LogP contribution is 2.25. The Morgan fingerprint density at radius 3 is 2.72 bits per heavy atom. The van der Waals surface area contributed by atoms with Crippen molar-refractivity contribution in [3.8, 4) is 0 Å². The summed E-state index contributed by atoms with van der Waals surface area (Å²) in [5, 5.41) is 16.8. The van der Waals surface area contributed by atoms with Crippen LogP contribution < -0.4 is 10.6 Å². The van der Waals surface area contributed by atoms with E-state index in [-0.39, 0.29) is 12.4 Å². The zero-order valence-electron chi connectivity index (χ0n) is 10.6. The zero-order valence-corrected chi connectivity index (χ0v) is 12.2. The molecule has 0 aliphatic rings. The molecule has 0 spiro atoms. The van der Waals surface area contributed by atoms with Crippen LogP contribution in [0.1, 0.15) is 25.3 Å². The fraction of sp³-hybridized carbons (Fsp3) is 0.462. The molecule has 5 heteroatoms. The molecular formula is C13H20BrN3O. The van der Waals surface area contributed by atoms with Gasteiger partial charge in [-0.1, -0.05) is 29.3 Å². The molecule has 1 aromatic rings. The average molecular weight is 314 g/mol. The lowest BCUT2D eigenvalue weighted by Crippen LogP contribution is -2.30. The fourth-order valence-corrected chi connectivity index (χ4v) is 2.17. The number of rotatable bonds is 7. The molecule has 4 N–H and O–H groups in total. The predicted molar refractivity (Wildman–Crippen MR) is 79.4 cm³/mol. The van der Waals surface area contributed by atoms with Crippen molar-refractivity contribution in [2.24, 2.45) is 5.73 Å². The Labute approximate surface area is 116 Å². The third kappa shape index (κ3) is 3.99. The van der Waals surface area contributed by atoms with Crippen molar-refractivity contribution in [3.05, 3.63) is 28.2 Å². The highest BCUT2D eigenvalue weighted by molar-refractivity contribution is 9.10. The first-order valence-electron chi connectivity index (χ1n) is 6.10. The molecule has 0 aromatic heterocycles. The largest absolute Gasteiger partial charge is 0.395 e. The number of halogens is 1. The van der Waals surface area contributed by atoms with Gasteiger partial charge in [0.15, 0.2) is 0 Å². The first-order valence-corrected chi connectivity index (χ1v) is 6.89. The minimum absolute atomic E-state index is 0.0527. The number of hydrogen-bond donors (Lipinski definition) is 3. The molecule has 1 rings (SSSR count). The number of unbranched alkanes of at least 4 members (excludes halogenated alkanes) is 1. The minimum Gasteiger partial charge on any atom is -0.395 e. The Morgan fingerprint density at radius 1 is 1.44 bits per heavy atom. The molecule has 0 radical (unpaired) electrons. The van der Waals surface area contributed by atoms with Gasteiger partial charge in [-0.3, -0.25) is 5.41 Å². The van der Waals surface area contributed by atoms with Crippen molar-refractivity contribution in [2.45, 2.75) is 19.8 Å². The number of amidine groups is 1. The van der Waals surface area contributed by atoms with Crippen molar-refractivity contribution in [3.63, 3.8) is 0 Å². The monoisotopic (exact) mass is 313 g/mol. The van der Waals surface area contributed by atoms with E-state index in [4.69, 9.17) is 16.2 Å². The Balaban J connectivity index is 3.07. The van der Waals surface area contributed by atoms with E-state index in [9.17, 15) is 0 Å². The van der Waals surface area contributed by atoms with E-state index in [1.165, 1.54) is 0 Å². The van der Waals surface area contributed by atoms with Gasteiger partial charge in [0.1, 0.15) is 5.84 Å². The van der Waals surface area contributed by atoms with Crippen molar-refractivity contribution < 1.29 is 5.11 Å². The highest BCUT2D eigenvalue weighted by atomic mass is 79.9. The summed E-state index contributed by atoms with van der Waals surface area (Å²) in [5.41, 5.74) is 7.22. The molecule has 0 amide bonds. The van der Waals surface area contributed by atoms with Crippen LogP contribution in [0.4, 0.5) is 5.69 Å². The fourth-order valence-electron chi connectivity index (χ4n) is 1.82. The lowest BCUT2D eigenvalue weighted by molar-refractivity contribution is 0.301. The second-order valence-electron chi connectivity index (χ2n) is 4.14.